The van der Waals surface area contributed by atoms with E-state index in [2.05, 4.69) is 66.7 Å². The van der Waals surface area contributed by atoms with E-state index in [1.54, 1.807) is 0 Å². The maximum Gasteiger partial charge on any atom is -0.00926 e. The van der Waals surface area contributed by atoms with E-state index in [0.717, 1.165) is 5.56 Å². The van der Waals surface area contributed by atoms with E-state index in [-0.39, 0.29) is 0 Å². The van der Waals surface area contributed by atoms with E-state index in [0.29, 0.717) is 0 Å². The molecule has 0 heteroatoms. The Bertz CT molecular complexity index is 609. The van der Waals surface area contributed by atoms with Crippen molar-refractivity contribution in [2.24, 2.45) is 0 Å². The summed E-state index contributed by atoms with van der Waals surface area (Å²) >= 11 is 0. The first-order valence-electron chi connectivity index (χ1n) is 5.39. The molecule has 3 rings (SSSR count). The Kier molecular flexibility index (Phi) is 2.19. The molecule has 0 aliphatic rings. The minimum absolute atomic E-state index is 1.15. The maximum absolute atomic E-state index is 3.33. The van der Waals surface area contributed by atoms with Crippen LogP contribution >= 0.6 is 0 Å². The van der Waals surface area contributed by atoms with E-state index in [4.69, 9.17) is 0 Å². The Labute approximate surface area is 95.2 Å². The van der Waals surface area contributed by atoms with Crippen LogP contribution < -0.4 is 0 Å². The summed E-state index contributed by atoms with van der Waals surface area (Å²) in [5.41, 5.74) is 2.37. The van der Waals surface area contributed by atoms with Gasteiger partial charge in [-0.2, -0.15) is 0 Å². The van der Waals surface area contributed by atoms with Gasteiger partial charge in [-0.05, 0) is 40.1 Å². The van der Waals surface area contributed by atoms with Crippen LogP contribution in [0.15, 0.2) is 66.7 Å². The molecule has 16 heavy (non-hydrogen) atoms. The number of hydrogen-bond donors (Lipinski definition) is 0. The summed E-state index contributed by atoms with van der Waals surface area (Å²) in [5, 5.41) is 2.50. The molecule has 3 aromatic carbocycles. The zero-order chi connectivity index (χ0) is 10.8. The Morgan fingerprint density at radius 3 is 2.19 bits per heavy atom. The fraction of sp³-hybridized carbons (Fsp3) is 0. The molecular formula is C16H11. The molecule has 75 valence electrons. The Morgan fingerprint density at radius 2 is 1.38 bits per heavy atom. The van der Waals surface area contributed by atoms with Crippen LogP contribution in [0.3, 0.4) is 0 Å². The molecule has 1 radical (unpaired) electrons. The van der Waals surface area contributed by atoms with E-state index in [9.17, 15) is 0 Å². The predicted octanol–water partition coefficient (Wildman–Crippen LogP) is 4.31. The van der Waals surface area contributed by atoms with Crippen molar-refractivity contribution in [3.8, 4) is 11.1 Å². The van der Waals surface area contributed by atoms with Gasteiger partial charge in [-0.1, -0.05) is 54.6 Å². The molecule has 0 fully saturated rings. The molecule has 0 aliphatic carbocycles. The summed E-state index contributed by atoms with van der Waals surface area (Å²) in [6.45, 7) is 0. The van der Waals surface area contributed by atoms with E-state index < -0.39 is 0 Å². The van der Waals surface area contributed by atoms with Crippen LogP contribution in [0.5, 0.6) is 0 Å². The van der Waals surface area contributed by atoms with Crippen molar-refractivity contribution >= 4 is 10.8 Å². The summed E-state index contributed by atoms with van der Waals surface area (Å²) in [7, 11) is 0. The second-order valence-electron chi connectivity index (χ2n) is 3.84. The highest BCUT2D eigenvalue weighted by Gasteiger charge is 1.98. The summed E-state index contributed by atoms with van der Waals surface area (Å²) in [6.07, 6.45) is 0. The molecule has 0 atom stereocenters. The monoisotopic (exact) mass is 203 g/mol. The van der Waals surface area contributed by atoms with Gasteiger partial charge in [-0.15, -0.1) is 0 Å². The zero-order valence-corrected chi connectivity index (χ0v) is 8.85. The summed E-state index contributed by atoms with van der Waals surface area (Å²) < 4.78 is 0. The Hall–Kier alpha value is -2.08. The third kappa shape index (κ3) is 1.59. The first kappa shape index (κ1) is 9.17. The lowest BCUT2D eigenvalue weighted by atomic mass is 10.0. The van der Waals surface area contributed by atoms with Crippen LogP contribution in [-0.2, 0) is 0 Å². The van der Waals surface area contributed by atoms with E-state index in [1.165, 1.54) is 16.3 Å². The van der Waals surface area contributed by atoms with Crippen molar-refractivity contribution in [3.63, 3.8) is 0 Å². The zero-order valence-electron chi connectivity index (χ0n) is 8.85. The van der Waals surface area contributed by atoms with Gasteiger partial charge in [0.15, 0.2) is 0 Å². The van der Waals surface area contributed by atoms with Gasteiger partial charge in [0.25, 0.3) is 0 Å². The van der Waals surface area contributed by atoms with Crippen molar-refractivity contribution in [1.82, 2.24) is 0 Å². The third-order valence-electron chi connectivity index (χ3n) is 2.76. The van der Waals surface area contributed by atoms with Crippen LogP contribution in [0.1, 0.15) is 0 Å². The molecular weight excluding hydrogens is 192 g/mol. The summed E-state index contributed by atoms with van der Waals surface area (Å²) in [5.74, 6) is 0. The van der Waals surface area contributed by atoms with E-state index >= 15 is 0 Å². The van der Waals surface area contributed by atoms with Crippen molar-refractivity contribution < 1.29 is 0 Å². The SMILES string of the molecule is [c]1cc2ccccc2cc1-c1ccccc1. The molecule has 0 spiro atoms. The minimum Gasteiger partial charge on any atom is -0.0622 e. The molecule has 0 N–H and O–H groups in total. The van der Waals surface area contributed by atoms with Gasteiger partial charge >= 0.3 is 0 Å². The second kappa shape index (κ2) is 3.82. The average molecular weight is 203 g/mol. The second-order valence-corrected chi connectivity index (χ2v) is 3.84. The molecule has 0 saturated carbocycles. The maximum atomic E-state index is 3.33. The summed E-state index contributed by atoms with van der Waals surface area (Å²) in [6, 6.07) is 26.3. The van der Waals surface area contributed by atoms with Crippen LogP contribution in [0.25, 0.3) is 21.9 Å². The van der Waals surface area contributed by atoms with Gasteiger partial charge in [0.1, 0.15) is 0 Å². The lowest BCUT2D eigenvalue weighted by molar-refractivity contribution is 1.64. The highest BCUT2D eigenvalue weighted by atomic mass is 14.0. The lowest BCUT2D eigenvalue weighted by Gasteiger charge is -2.03. The van der Waals surface area contributed by atoms with Crippen LogP contribution in [0.4, 0.5) is 0 Å². The highest BCUT2D eigenvalue weighted by molar-refractivity contribution is 5.86. The molecule has 0 unspecified atom stereocenters. The number of rotatable bonds is 1. The van der Waals surface area contributed by atoms with Gasteiger partial charge < -0.3 is 0 Å². The molecule has 0 aromatic heterocycles. The first-order valence-corrected chi connectivity index (χ1v) is 5.39. The summed E-state index contributed by atoms with van der Waals surface area (Å²) in [4.78, 5) is 0. The number of benzene rings is 3. The van der Waals surface area contributed by atoms with Gasteiger partial charge in [0.05, 0.1) is 0 Å². The van der Waals surface area contributed by atoms with Crippen molar-refractivity contribution in [1.29, 1.82) is 0 Å². The molecule has 0 heterocycles. The van der Waals surface area contributed by atoms with Crippen molar-refractivity contribution in [3.05, 3.63) is 72.8 Å². The molecule has 3 aromatic rings. The lowest BCUT2D eigenvalue weighted by Crippen LogP contribution is -1.78. The average Bonchev–Trinajstić information content (AvgIpc) is 2.39. The molecule has 0 nitrogen and oxygen atoms in total. The minimum atomic E-state index is 1.15. The van der Waals surface area contributed by atoms with Gasteiger partial charge in [0, 0.05) is 0 Å². The molecule has 0 aliphatic heterocycles. The molecule has 0 amide bonds. The fourth-order valence-electron chi connectivity index (χ4n) is 1.91. The van der Waals surface area contributed by atoms with Gasteiger partial charge in [-0.3, -0.25) is 0 Å². The van der Waals surface area contributed by atoms with Crippen molar-refractivity contribution in [2.45, 2.75) is 0 Å². The highest BCUT2D eigenvalue weighted by Crippen LogP contribution is 2.23. The standard InChI is InChI=1S/C16H11/c1-2-6-13(7-3-1)16-11-10-14-8-4-5-9-15(14)12-16/h1-10,12H. The van der Waals surface area contributed by atoms with Crippen molar-refractivity contribution in [2.75, 3.05) is 0 Å². The normalized spacial score (nSPS) is 10.5. The predicted molar refractivity (Wildman–Crippen MR) is 68.2 cm³/mol. The van der Waals surface area contributed by atoms with E-state index in [1.807, 2.05) is 6.07 Å². The van der Waals surface area contributed by atoms with Gasteiger partial charge in [-0.25, -0.2) is 0 Å². The van der Waals surface area contributed by atoms with Crippen LogP contribution in [-0.4, -0.2) is 0 Å². The fourth-order valence-corrected chi connectivity index (χ4v) is 1.91. The van der Waals surface area contributed by atoms with Crippen LogP contribution in [0, 0.1) is 6.07 Å². The molecule has 0 saturated heterocycles. The van der Waals surface area contributed by atoms with Gasteiger partial charge in [0.2, 0.25) is 0 Å². The third-order valence-corrected chi connectivity index (χ3v) is 2.76. The van der Waals surface area contributed by atoms with Crippen LogP contribution in [0.2, 0.25) is 0 Å². The topological polar surface area (TPSA) is 0 Å². The number of hydrogen-bond acceptors (Lipinski definition) is 0. The molecule has 0 bridgehead atoms. The Balaban J connectivity index is 2.19. The largest absolute Gasteiger partial charge is 0.0622 e. The Morgan fingerprint density at radius 1 is 0.688 bits per heavy atom. The first-order chi connectivity index (χ1) is 7.93. The number of fused-ring (bicyclic) bond motifs is 1. The quantitative estimate of drug-likeness (QED) is 0.553. The smallest absolute Gasteiger partial charge is 0.00926 e.